The quantitative estimate of drug-likeness (QED) is 0.362. The highest BCUT2D eigenvalue weighted by atomic mass is 16.6. The number of aliphatic hydroxyl groups is 3. The predicted octanol–water partition coefficient (Wildman–Crippen LogP) is -2.37. The molecule has 0 aromatic rings. The Balaban J connectivity index is 2.61. The molecule has 0 aromatic carbocycles. The van der Waals surface area contributed by atoms with Crippen LogP contribution in [0, 0.1) is 0 Å². The van der Waals surface area contributed by atoms with Crippen LogP contribution in [0.25, 0.3) is 0 Å². The minimum Gasteiger partial charge on any atom is -0.455 e. The first-order chi connectivity index (χ1) is 4.66. The second-order valence-corrected chi connectivity index (χ2v) is 2.09. The molecule has 0 saturated carbocycles. The van der Waals surface area contributed by atoms with Crippen molar-refractivity contribution in [3.05, 3.63) is 0 Å². The monoisotopic (exact) mass is 148 g/mol. The van der Waals surface area contributed by atoms with Crippen molar-refractivity contribution >= 4 is 5.97 Å². The first kappa shape index (κ1) is 7.46. The fourth-order valence-corrected chi connectivity index (χ4v) is 0.777. The molecular formula is C5H8O5. The second-order valence-electron chi connectivity index (χ2n) is 2.09. The molecule has 1 saturated heterocycles. The van der Waals surface area contributed by atoms with E-state index in [-0.39, 0.29) is 0 Å². The number of cyclic esters (lactones) is 1. The Kier molecular flexibility index (Phi) is 1.89. The zero-order chi connectivity index (χ0) is 7.72. The lowest BCUT2D eigenvalue weighted by molar-refractivity contribution is -0.148. The smallest absolute Gasteiger partial charge is 0.338 e. The molecule has 0 bridgehead atoms. The molecule has 1 fully saturated rings. The third-order valence-corrected chi connectivity index (χ3v) is 1.39. The minimum atomic E-state index is -1.50. The summed E-state index contributed by atoms with van der Waals surface area (Å²) >= 11 is 0. The second kappa shape index (κ2) is 2.53. The van der Waals surface area contributed by atoms with Crippen LogP contribution in [-0.4, -0.2) is 46.2 Å². The number of hydrogen-bond donors (Lipinski definition) is 3. The van der Waals surface area contributed by atoms with E-state index in [4.69, 9.17) is 15.3 Å². The van der Waals surface area contributed by atoms with Crippen LogP contribution >= 0.6 is 0 Å². The van der Waals surface area contributed by atoms with Gasteiger partial charge in [0.1, 0.15) is 6.10 Å². The Morgan fingerprint density at radius 1 is 1.50 bits per heavy atom. The molecule has 0 radical (unpaired) electrons. The number of ether oxygens (including phenoxy) is 1. The van der Waals surface area contributed by atoms with Crippen molar-refractivity contribution in [1.29, 1.82) is 0 Å². The van der Waals surface area contributed by atoms with Crippen LogP contribution in [0.3, 0.4) is 0 Å². The average Bonchev–Trinajstić information content (AvgIpc) is 2.17. The Bertz CT molecular complexity index is 145. The van der Waals surface area contributed by atoms with Gasteiger partial charge < -0.3 is 20.1 Å². The highest BCUT2D eigenvalue weighted by Gasteiger charge is 2.41. The molecule has 5 nitrogen and oxygen atoms in total. The summed E-state index contributed by atoms with van der Waals surface area (Å²) in [5, 5.41) is 26.0. The molecule has 1 rings (SSSR count). The summed E-state index contributed by atoms with van der Waals surface area (Å²) < 4.78 is 4.35. The lowest BCUT2D eigenvalue weighted by Gasteiger charge is -2.08. The maximum atomic E-state index is 10.4. The standard InChI is InChI=1S/C5H8O5/c6-1-2-3(7)4(8)5(9)10-2/h2-4,6-8H,1H2. The van der Waals surface area contributed by atoms with Gasteiger partial charge in [0.2, 0.25) is 0 Å². The van der Waals surface area contributed by atoms with Crippen LogP contribution in [0.4, 0.5) is 0 Å². The number of carbonyl (C=O) groups excluding carboxylic acids is 1. The highest BCUT2D eigenvalue weighted by molar-refractivity contribution is 5.77. The predicted molar refractivity (Wildman–Crippen MR) is 29.0 cm³/mol. The number of carbonyl (C=O) groups is 1. The van der Waals surface area contributed by atoms with Crippen molar-refractivity contribution in [2.45, 2.75) is 18.3 Å². The molecule has 0 spiro atoms. The van der Waals surface area contributed by atoms with Gasteiger partial charge in [-0.1, -0.05) is 0 Å². The minimum absolute atomic E-state index is 0.468. The van der Waals surface area contributed by atoms with Gasteiger partial charge in [0.15, 0.2) is 12.2 Å². The maximum Gasteiger partial charge on any atom is 0.338 e. The number of hydrogen-bond acceptors (Lipinski definition) is 5. The summed E-state index contributed by atoms with van der Waals surface area (Å²) in [6.45, 7) is -0.468. The Hall–Kier alpha value is -0.650. The lowest BCUT2D eigenvalue weighted by Crippen LogP contribution is -2.32. The summed E-state index contributed by atoms with van der Waals surface area (Å²) in [6, 6.07) is 0. The molecule has 10 heavy (non-hydrogen) atoms. The van der Waals surface area contributed by atoms with Gasteiger partial charge >= 0.3 is 5.97 Å². The van der Waals surface area contributed by atoms with Crippen molar-refractivity contribution in [2.24, 2.45) is 0 Å². The van der Waals surface area contributed by atoms with E-state index in [0.717, 1.165) is 0 Å². The van der Waals surface area contributed by atoms with Crippen LogP contribution in [-0.2, 0) is 9.53 Å². The van der Waals surface area contributed by atoms with Gasteiger partial charge in [-0.3, -0.25) is 0 Å². The van der Waals surface area contributed by atoms with E-state index in [2.05, 4.69) is 4.74 Å². The van der Waals surface area contributed by atoms with Gasteiger partial charge in [0, 0.05) is 0 Å². The number of esters is 1. The molecule has 1 aliphatic heterocycles. The molecule has 1 heterocycles. The van der Waals surface area contributed by atoms with Gasteiger partial charge in [-0.05, 0) is 0 Å². The maximum absolute atomic E-state index is 10.4. The van der Waals surface area contributed by atoms with Crippen molar-refractivity contribution in [3.63, 3.8) is 0 Å². The zero-order valence-electron chi connectivity index (χ0n) is 5.10. The Morgan fingerprint density at radius 3 is 2.30 bits per heavy atom. The molecule has 3 unspecified atom stereocenters. The molecular weight excluding hydrogens is 140 g/mol. The molecule has 3 atom stereocenters. The molecule has 0 amide bonds. The molecule has 5 heteroatoms. The van der Waals surface area contributed by atoms with Gasteiger partial charge in [-0.25, -0.2) is 4.79 Å². The summed E-state index contributed by atoms with van der Waals surface area (Å²) in [6.07, 6.45) is -3.77. The van der Waals surface area contributed by atoms with Crippen LogP contribution in [0.5, 0.6) is 0 Å². The van der Waals surface area contributed by atoms with Crippen LogP contribution in [0.15, 0.2) is 0 Å². The Labute approximate surface area is 56.9 Å². The fourth-order valence-electron chi connectivity index (χ4n) is 0.777. The summed E-state index contributed by atoms with van der Waals surface area (Å²) in [5.74, 6) is -0.883. The fraction of sp³-hybridized carbons (Fsp3) is 0.800. The first-order valence-corrected chi connectivity index (χ1v) is 2.84. The van der Waals surface area contributed by atoms with Gasteiger partial charge in [0.25, 0.3) is 0 Å². The van der Waals surface area contributed by atoms with E-state index >= 15 is 0 Å². The van der Waals surface area contributed by atoms with Crippen molar-refractivity contribution < 1.29 is 24.9 Å². The van der Waals surface area contributed by atoms with E-state index in [1.54, 1.807) is 0 Å². The van der Waals surface area contributed by atoms with E-state index in [9.17, 15) is 4.79 Å². The molecule has 0 aromatic heterocycles. The SMILES string of the molecule is O=C1OC(CO)C(O)C1O. The van der Waals surface area contributed by atoms with E-state index < -0.39 is 30.9 Å². The number of aliphatic hydroxyl groups excluding tert-OH is 3. The summed E-state index contributed by atoms with van der Waals surface area (Å²) in [4.78, 5) is 10.4. The Morgan fingerprint density at radius 2 is 2.10 bits per heavy atom. The van der Waals surface area contributed by atoms with Gasteiger partial charge in [-0.15, -0.1) is 0 Å². The molecule has 1 aliphatic rings. The molecule has 58 valence electrons. The zero-order valence-corrected chi connectivity index (χ0v) is 5.10. The third-order valence-electron chi connectivity index (χ3n) is 1.39. The van der Waals surface area contributed by atoms with E-state index in [1.165, 1.54) is 0 Å². The van der Waals surface area contributed by atoms with Crippen molar-refractivity contribution in [1.82, 2.24) is 0 Å². The summed E-state index contributed by atoms with van der Waals surface area (Å²) in [5.41, 5.74) is 0. The highest BCUT2D eigenvalue weighted by Crippen LogP contribution is 2.14. The van der Waals surface area contributed by atoms with Gasteiger partial charge in [-0.2, -0.15) is 0 Å². The van der Waals surface area contributed by atoms with Crippen LogP contribution in [0.1, 0.15) is 0 Å². The molecule has 0 aliphatic carbocycles. The first-order valence-electron chi connectivity index (χ1n) is 2.84. The number of rotatable bonds is 1. The topological polar surface area (TPSA) is 87.0 Å². The van der Waals surface area contributed by atoms with Crippen LogP contribution < -0.4 is 0 Å². The lowest BCUT2D eigenvalue weighted by atomic mass is 10.1. The largest absolute Gasteiger partial charge is 0.455 e. The molecule has 3 N–H and O–H groups in total. The van der Waals surface area contributed by atoms with Crippen LogP contribution in [0.2, 0.25) is 0 Å². The van der Waals surface area contributed by atoms with E-state index in [1.807, 2.05) is 0 Å². The van der Waals surface area contributed by atoms with Crippen molar-refractivity contribution in [3.8, 4) is 0 Å². The van der Waals surface area contributed by atoms with Gasteiger partial charge in [0.05, 0.1) is 6.61 Å². The summed E-state index contributed by atoms with van der Waals surface area (Å²) in [7, 11) is 0. The van der Waals surface area contributed by atoms with Crippen molar-refractivity contribution in [2.75, 3.05) is 6.61 Å². The third kappa shape index (κ3) is 0.985. The van der Waals surface area contributed by atoms with E-state index in [0.29, 0.717) is 0 Å². The average molecular weight is 148 g/mol. The normalized spacial score (nSPS) is 39.9.